The van der Waals surface area contributed by atoms with Crippen LogP contribution in [-0.2, 0) is 20.8 Å². The molecule has 0 aromatic carbocycles. The van der Waals surface area contributed by atoms with Crippen LogP contribution < -0.4 is 0 Å². The number of hydrogen-bond acceptors (Lipinski definition) is 5. The van der Waals surface area contributed by atoms with Crippen molar-refractivity contribution in [3.05, 3.63) is 30.1 Å². The average Bonchev–Trinajstić information content (AvgIpc) is 2.98. The molecule has 3 rings (SSSR count). The summed E-state index contributed by atoms with van der Waals surface area (Å²) in [5, 5.41) is 0. The Balaban J connectivity index is 1.44. The number of hydrogen-bond donors (Lipinski definition) is 0. The molecular weight excluding hydrogens is 306 g/mol. The zero-order valence-electron chi connectivity index (χ0n) is 14.6. The van der Waals surface area contributed by atoms with Crippen molar-refractivity contribution >= 4 is 5.91 Å². The lowest BCUT2D eigenvalue weighted by molar-refractivity contribution is -0.138. The lowest BCUT2D eigenvalue weighted by Crippen LogP contribution is -2.43. The van der Waals surface area contributed by atoms with Crippen LogP contribution in [0.3, 0.4) is 0 Å². The van der Waals surface area contributed by atoms with Gasteiger partial charge in [-0.05, 0) is 31.4 Å². The largest absolute Gasteiger partial charge is 0.371 e. The van der Waals surface area contributed by atoms with Gasteiger partial charge in [0, 0.05) is 39.4 Å². The van der Waals surface area contributed by atoms with Gasteiger partial charge in [-0.2, -0.15) is 0 Å². The van der Waals surface area contributed by atoms with Crippen molar-refractivity contribution in [3.8, 4) is 0 Å². The fourth-order valence-electron chi connectivity index (χ4n) is 3.51. The van der Waals surface area contributed by atoms with Crippen molar-refractivity contribution in [2.24, 2.45) is 0 Å². The Labute approximate surface area is 143 Å². The Kier molecular flexibility index (Phi) is 5.81. The second kappa shape index (κ2) is 8.05. The van der Waals surface area contributed by atoms with E-state index in [9.17, 15) is 4.79 Å². The van der Waals surface area contributed by atoms with Crippen LogP contribution in [0, 0.1) is 0 Å². The van der Waals surface area contributed by atoms with Crippen LogP contribution in [0.5, 0.6) is 0 Å². The number of pyridine rings is 1. The molecule has 0 bridgehead atoms. The van der Waals surface area contributed by atoms with Gasteiger partial charge in [-0.25, -0.2) is 0 Å². The summed E-state index contributed by atoms with van der Waals surface area (Å²) in [4.78, 5) is 20.0. The molecule has 3 heterocycles. The first kappa shape index (κ1) is 17.3. The molecule has 2 aliphatic rings. The maximum Gasteiger partial charge on any atom is 0.248 e. The molecule has 1 aromatic heterocycles. The van der Waals surface area contributed by atoms with E-state index in [0.29, 0.717) is 12.6 Å². The molecular formula is C18H27N3O3. The summed E-state index contributed by atoms with van der Waals surface area (Å²) in [6.07, 6.45) is 5.40. The Bertz CT molecular complexity index is 538. The zero-order chi connectivity index (χ0) is 16.9. The number of likely N-dealkylation sites (tertiary alicyclic amines) is 1. The van der Waals surface area contributed by atoms with Gasteiger partial charge in [0.2, 0.25) is 5.91 Å². The van der Waals surface area contributed by atoms with Gasteiger partial charge < -0.3 is 14.4 Å². The minimum Gasteiger partial charge on any atom is -0.371 e. The van der Waals surface area contributed by atoms with Gasteiger partial charge in [-0.1, -0.05) is 6.07 Å². The molecule has 2 saturated heterocycles. The highest BCUT2D eigenvalue weighted by atomic mass is 16.5. The fourth-order valence-corrected chi connectivity index (χ4v) is 3.51. The van der Waals surface area contributed by atoms with E-state index in [4.69, 9.17) is 9.47 Å². The van der Waals surface area contributed by atoms with E-state index in [1.54, 1.807) is 19.0 Å². The van der Waals surface area contributed by atoms with Crippen LogP contribution in [0.4, 0.5) is 0 Å². The van der Waals surface area contributed by atoms with Crippen molar-refractivity contribution in [3.63, 3.8) is 0 Å². The summed E-state index contributed by atoms with van der Waals surface area (Å²) in [6, 6.07) is 6.54. The minimum atomic E-state index is -0.00825. The topological polar surface area (TPSA) is 54.9 Å². The van der Waals surface area contributed by atoms with Crippen molar-refractivity contribution < 1.29 is 14.3 Å². The number of fused-ring (bicyclic) bond motifs is 1. The van der Waals surface area contributed by atoms with Crippen LogP contribution in [0.15, 0.2) is 24.4 Å². The zero-order valence-corrected chi connectivity index (χ0v) is 14.6. The Hall–Kier alpha value is -1.50. The number of rotatable bonds is 6. The molecule has 3 atom stereocenters. The summed E-state index contributed by atoms with van der Waals surface area (Å²) in [5.74, 6) is -0.00825. The SMILES string of the molecule is CN(C)C(=O)COC[C@H]1CC[C@@H]2[C@@H](CCN2Cc2ccccn2)O1. The second-order valence-corrected chi connectivity index (χ2v) is 6.82. The Morgan fingerprint density at radius 1 is 1.38 bits per heavy atom. The molecule has 0 spiro atoms. The summed E-state index contributed by atoms with van der Waals surface area (Å²) in [7, 11) is 3.48. The van der Waals surface area contributed by atoms with Gasteiger partial charge in [0.15, 0.2) is 0 Å². The highest BCUT2D eigenvalue weighted by Gasteiger charge is 2.39. The van der Waals surface area contributed by atoms with E-state index in [-0.39, 0.29) is 24.7 Å². The van der Waals surface area contributed by atoms with Gasteiger partial charge in [-0.3, -0.25) is 14.7 Å². The maximum absolute atomic E-state index is 11.5. The Morgan fingerprint density at radius 2 is 2.25 bits per heavy atom. The summed E-state index contributed by atoms with van der Waals surface area (Å²) < 4.78 is 11.7. The summed E-state index contributed by atoms with van der Waals surface area (Å²) in [5.41, 5.74) is 1.12. The van der Waals surface area contributed by atoms with E-state index in [1.165, 1.54) is 0 Å². The molecule has 132 valence electrons. The molecule has 24 heavy (non-hydrogen) atoms. The van der Waals surface area contributed by atoms with Crippen molar-refractivity contribution in [2.45, 2.75) is 44.1 Å². The van der Waals surface area contributed by atoms with E-state index in [2.05, 4.69) is 16.0 Å². The van der Waals surface area contributed by atoms with Crippen LogP contribution >= 0.6 is 0 Å². The van der Waals surface area contributed by atoms with Gasteiger partial charge >= 0.3 is 0 Å². The molecule has 0 radical (unpaired) electrons. The molecule has 1 amide bonds. The third-order valence-electron chi connectivity index (χ3n) is 4.87. The number of carbonyl (C=O) groups excluding carboxylic acids is 1. The van der Waals surface area contributed by atoms with E-state index < -0.39 is 0 Å². The van der Waals surface area contributed by atoms with Gasteiger partial charge in [0.25, 0.3) is 0 Å². The average molecular weight is 333 g/mol. The van der Waals surface area contributed by atoms with Gasteiger partial charge in [0.05, 0.1) is 24.5 Å². The first-order valence-corrected chi connectivity index (χ1v) is 8.71. The molecule has 6 nitrogen and oxygen atoms in total. The van der Waals surface area contributed by atoms with E-state index in [1.807, 2.05) is 18.3 Å². The first-order valence-electron chi connectivity index (χ1n) is 8.71. The third kappa shape index (κ3) is 4.32. The van der Waals surface area contributed by atoms with Crippen LogP contribution in [-0.4, -0.2) is 72.8 Å². The summed E-state index contributed by atoms with van der Waals surface area (Å²) >= 11 is 0. The van der Waals surface area contributed by atoms with Gasteiger partial charge in [-0.15, -0.1) is 0 Å². The van der Waals surface area contributed by atoms with Crippen molar-refractivity contribution in [2.75, 3.05) is 33.9 Å². The highest BCUT2D eigenvalue weighted by molar-refractivity contribution is 5.76. The molecule has 0 unspecified atom stereocenters. The monoisotopic (exact) mass is 333 g/mol. The standard InChI is InChI=1S/C18H27N3O3/c1-20(2)18(22)13-23-12-15-6-7-16-17(24-15)8-10-21(16)11-14-5-3-4-9-19-14/h3-5,9,15-17H,6-8,10-13H2,1-2H3/t15-,16-,17-/m1/s1. The fraction of sp³-hybridized carbons (Fsp3) is 0.667. The molecule has 2 aliphatic heterocycles. The number of amides is 1. The molecule has 1 aromatic rings. The third-order valence-corrected chi connectivity index (χ3v) is 4.87. The predicted octanol–water partition coefficient (Wildman–Crippen LogP) is 1.31. The molecule has 0 aliphatic carbocycles. The lowest BCUT2D eigenvalue weighted by atomic mass is 9.99. The quantitative estimate of drug-likeness (QED) is 0.786. The van der Waals surface area contributed by atoms with Crippen LogP contribution in [0.2, 0.25) is 0 Å². The lowest BCUT2D eigenvalue weighted by Gasteiger charge is -2.35. The smallest absolute Gasteiger partial charge is 0.248 e. The van der Waals surface area contributed by atoms with Crippen molar-refractivity contribution in [1.82, 2.24) is 14.8 Å². The maximum atomic E-state index is 11.5. The molecule has 0 N–H and O–H groups in total. The van der Waals surface area contributed by atoms with Gasteiger partial charge in [0.1, 0.15) is 6.61 Å². The molecule has 0 saturated carbocycles. The van der Waals surface area contributed by atoms with Crippen LogP contribution in [0.1, 0.15) is 25.0 Å². The predicted molar refractivity (Wildman–Crippen MR) is 90.5 cm³/mol. The minimum absolute atomic E-state index is 0.00825. The number of likely N-dealkylation sites (N-methyl/N-ethyl adjacent to an activating group) is 1. The van der Waals surface area contributed by atoms with Crippen molar-refractivity contribution in [1.29, 1.82) is 0 Å². The van der Waals surface area contributed by atoms with E-state index in [0.717, 1.165) is 38.0 Å². The number of nitrogens with zero attached hydrogens (tertiary/aromatic N) is 3. The number of ether oxygens (including phenoxy) is 2. The number of carbonyl (C=O) groups is 1. The normalized spacial score (nSPS) is 27.0. The number of aromatic nitrogens is 1. The second-order valence-electron chi connectivity index (χ2n) is 6.82. The highest BCUT2D eigenvalue weighted by Crippen LogP contribution is 2.32. The molecule has 2 fully saturated rings. The van der Waals surface area contributed by atoms with Crippen LogP contribution in [0.25, 0.3) is 0 Å². The summed E-state index contributed by atoms with van der Waals surface area (Å²) in [6.45, 7) is 2.58. The Morgan fingerprint density at radius 3 is 3.00 bits per heavy atom. The molecule has 6 heteroatoms. The first-order chi connectivity index (χ1) is 11.6. The van der Waals surface area contributed by atoms with E-state index >= 15 is 0 Å².